The predicted molar refractivity (Wildman–Crippen MR) is 139 cm³/mol. The van der Waals surface area contributed by atoms with Gasteiger partial charge in [0.1, 0.15) is 11.3 Å². The van der Waals surface area contributed by atoms with Crippen LogP contribution in [0.4, 0.5) is 5.69 Å². The number of hydrogen-bond donors (Lipinski definition) is 1. The van der Waals surface area contributed by atoms with Crippen LogP contribution < -0.4 is 5.32 Å². The van der Waals surface area contributed by atoms with E-state index in [0.29, 0.717) is 0 Å². The molecule has 0 spiro atoms. The SMILES string of the molecule is CCc1nc2c(C)cc(C)nc2n1Cc1ccc(NCC2CCN(C3CCOCC3)CC2)cc1. The van der Waals surface area contributed by atoms with Crippen molar-refractivity contribution in [2.45, 2.75) is 65.5 Å². The number of nitrogens with zero attached hydrogens (tertiary/aromatic N) is 4. The van der Waals surface area contributed by atoms with Gasteiger partial charge in [0.05, 0.1) is 6.54 Å². The Labute approximate surface area is 203 Å². The highest BCUT2D eigenvalue weighted by atomic mass is 16.5. The summed E-state index contributed by atoms with van der Waals surface area (Å²) in [7, 11) is 0. The van der Waals surface area contributed by atoms with Crippen LogP contribution in [0.1, 0.15) is 55.3 Å². The molecular weight excluding hydrogens is 422 g/mol. The van der Waals surface area contributed by atoms with Crippen LogP contribution in [0.2, 0.25) is 0 Å². The Kier molecular flexibility index (Phi) is 7.16. The Morgan fingerprint density at radius 1 is 1.00 bits per heavy atom. The molecule has 182 valence electrons. The van der Waals surface area contributed by atoms with E-state index in [1.807, 2.05) is 0 Å². The number of pyridine rings is 1. The van der Waals surface area contributed by atoms with Gasteiger partial charge in [-0.2, -0.15) is 0 Å². The summed E-state index contributed by atoms with van der Waals surface area (Å²) in [5.74, 6) is 1.86. The number of ether oxygens (including phenoxy) is 1. The quantitative estimate of drug-likeness (QED) is 0.539. The number of anilines is 1. The molecule has 2 aliphatic rings. The zero-order valence-electron chi connectivity index (χ0n) is 21.0. The number of aryl methyl sites for hydroxylation is 3. The molecule has 5 rings (SSSR count). The second kappa shape index (κ2) is 10.4. The molecular formula is C28H39N5O. The van der Waals surface area contributed by atoms with Gasteiger partial charge in [-0.1, -0.05) is 19.1 Å². The summed E-state index contributed by atoms with van der Waals surface area (Å²) >= 11 is 0. The summed E-state index contributed by atoms with van der Waals surface area (Å²) in [5, 5.41) is 3.69. The molecule has 0 saturated carbocycles. The highest BCUT2D eigenvalue weighted by Gasteiger charge is 2.26. The highest BCUT2D eigenvalue weighted by molar-refractivity contribution is 5.76. The van der Waals surface area contributed by atoms with Crippen LogP contribution in [0.3, 0.4) is 0 Å². The van der Waals surface area contributed by atoms with Gasteiger partial charge >= 0.3 is 0 Å². The summed E-state index contributed by atoms with van der Waals surface area (Å²) in [6, 6.07) is 11.8. The topological polar surface area (TPSA) is 55.2 Å². The average molecular weight is 462 g/mol. The first kappa shape index (κ1) is 23.3. The van der Waals surface area contributed by atoms with E-state index in [0.717, 1.165) is 67.4 Å². The standard InChI is InChI=1S/C28H39N5O/c1-4-26-31-27-20(2)17-21(3)30-28(27)33(26)19-23-5-7-24(8-6-23)29-18-22-9-13-32(14-10-22)25-11-15-34-16-12-25/h5-8,17,22,25,29H,4,9-16,18-19H2,1-3H3. The molecule has 2 fully saturated rings. The zero-order chi connectivity index (χ0) is 23.5. The molecule has 2 aromatic heterocycles. The lowest BCUT2D eigenvalue weighted by Gasteiger charge is -2.39. The van der Waals surface area contributed by atoms with E-state index in [2.05, 4.69) is 65.9 Å². The molecule has 1 aromatic carbocycles. The van der Waals surface area contributed by atoms with Gasteiger partial charge in [-0.15, -0.1) is 0 Å². The fraction of sp³-hybridized carbons (Fsp3) is 0.571. The van der Waals surface area contributed by atoms with Crippen molar-refractivity contribution in [3.63, 3.8) is 0 Å². The number of likely N-dealkylation sites (tertiary alicyclic amines) is 1. The minimum absolute atomic E-state index is 0.749. The first-order valence-corrected chi connectivity index (χ1v) is 13.1. The van der Waals surface area contributed by atoms with E-state index in [9.17, 15) is 0 Å². The monoisotopic (exact) mass is 461 g/mol. The van der Waals surface area contributed by atoms with Crippen molar-refractivity contribution in [1.29, 1.82) is 0 Å². The number of hydrogen-bond acceptors (Lipinski definition) is 5. The molecule has 4 heterocycles. The first-order valence-electron chi connectivity index (χ1n) is 13.1. The maximum absolute atomic E-state index is 5.53. The number of aromatic nitrogens is 3. The molecule has 0 atom stereocenters. The molecule has 6 heteroatoms. The van der Waals surface area contributed by atoms with Crippen molar-refractivity contribution in [2.75, 3.05) is 38.2 Å². The van der Waals surface area contributed by atoms with Gasteiger partial charge in [0, 0.05) is 43.6 Å². The van der Waals surface area contributed by atoms with Crippen molar-refractivity contribution in [2.24, 2.45) is 5.92 Å². The summed E-state index contributed by atoms with van der Waals surface area (Å²) in [5.41, 5.74) is 6.78. The summed E-state index contributed by atoms with van der Waals surface area (Å²) in [4.78, 5) is 12.4. The molecule has 1 N–H and O–H groups in total. The van der Waals surface area contributed by atoms with Crippen molar-refractivity contribution in [3.05, 3.63) is 53.0 Å². The van der Waals surface area contributed by atoms with E-state index in [1.54, 1.807) is 0 Å². The van der Waals surface area contributed by atoms with Gasteiger partial charge in [-0.05, 0) is 87.9 Å². The number of piperidine rings is 1. The molecule has 0 aliphatic carbocycles. The van der Waals surface area contributed by atoms with Crippen LogP contribution in [0.15, 0.2) is 30.3 Å². The number of fused-ring (bicyclic) bond motifs is 1. The maximum atomic E-state index is 5.53. The fourth-order valence-corrected chi connectivity index (χ4v) is 5.63. The van der Waals surface area contributed by atoms with Crippen LogP contribution in [-0.4, -0.2) is 58.3 Å². The Morgan fingerprint density at radius 2 is 1.74 bits per heavy atom. The minimum Gasteiger partial charge on any atom is -0.385 e. The van der Waals surface area contributed by atoms with Crippen LogP contribution in [-0.2, 0) is 17.7 Å². The normalized spacial score (nSPS) is 18.6. The van der Waals surface area contributed by atoms with Crippen molar-refractivity contribution in [3.8, 4) is 0 Å². The third-order valence-corrected chi connectivity index (χ3v) is 7.66. The van der Waals surface area contributed by atoms with E-state index < -0.39 is 0 Å². The summed E-state index contributed by atoms with van der Waals surface area (Å²) in [6.45, 7) is 12.6. The molecule has 34 heavy (non-hydrogen) atoms. The first-order chi connectivity index (χ1) is 16.6. The minimum atomic E-state index is 0.749. The summed E-state index contributed by atoms with van der Waals surface area (Å²) in [6.07, 6.45) is 5.91. The van der Waals surface area contributed by atoms with Gasteiger partial charge in [0.2, 0.25) is 0 Å². The van der Waals surface area contributed by atoms with Crippen LogP contribution >= 0.6 is 0 Å². The van der Waals surface area contributed by atoms with Gasteiger partial charge in [0.15, 0.2) is 5.65 Å². The van der Waals surface area contributed by atoms with E-state index >= 15 is 0 Å². The highest BCUT2D eigenvalue weighted by Crippen LogP contribution is 2.25. The molecule has 0 radical (unpaired) electrons. The van der Waals surface area contributed by atoms with Crippen LogP contribution in [0, 0.1) is 19.8 Å². The lowest BCUT2D eigenvalue weighted by Crippen LogP contribution is -2.44. The molecule has 6 nitrogen and oxygen atoms in total. The van der Waals surface area contributed by atoms with Gasteiger partial charge in [-0.3, -0.25) is 0 Å². The van der Waals surface area contributed by atoms with E-state index in [1.165, 1.54) is 55.6 Å². The molecule has 0 unspecified atom stereocenters. The van der Waals surface area contributed by atoms with Gasteiger partial charge in [-0.25, -0.2) is 9.97 Å². The molecule has 2 saturated heterocycles. The van der Waals surface area contributed by atoms with Crippen molar-refractivity contribution >= 4 is 16.9 Å². The predicted octanol–water partition coefficient (Wildman–Crippen LogP) is 4.96. The third kappa shape index (κ3) is 5.13. The second-order valence-electron chi connectivity index (χ2n) is 10.1. The largest absolute Gasteiger partial charge is 0.385 e. The number of nitrogens with one attached hydrogen (secondary N) is 1. The Bertz CT molecular complexity index is 1090. The third-order valence-electron chi connectivity index (χ3n) is 7.66. The average Bonchev–Trinajstić information content (AvgIpc) is 3.22. The number of benzene rings is 1. The molecule has 0 bridgehead atoms. The number of rotatable bonds is 7. The molecule has 0 amide bonds. The van der Waals surface area contributed by atoms with E-state index in [4.69, 9.17) is 14.7 Å². The van der Waals surface area contributed by atoms with Crippen LogP contribution in [0.5, 0.6) is 0 Å². The van der Waals surface area contributed by atoms with Crippen LogP contribution in [0.25, 0.3) is 11.2 Å². The molecule has 2 aliphatic heterocycles. The Balaban J connectivity index is 1.17. The number of imidazole rings is 1. The van der Waals surface area contributed by atoms with Crippen molar-refractivity contribution < 1.29 is 4.74 Å². The lowest BCUT2D eigenvalue weighted by atomic mass is 9.94. The molecule has 3 aromatic rings. The summed E-state index contributed by atoms with van der Waals surface area (Å²) < 4.78 is 7.81. The zero-order valence-corrected chi connectivity index (χ0v) is 21.0. The second-order valence-corrected chi connectivity index (χ2v) is 10.1. The van der Waals surface area contributed by atoms with E-state index in [-0.39, 0.29) is 0 Å². The Morgan fingerprint density at radius 3 is 2.44 bits per heavy atom. The van der Waals surface area contributed by atoms with Crippen molar-refractivity contribution in [1.82, 2.24) is 19.4 Å². The Hall–Kier alpha value is -2.44. The maximum Gasteiger partial charge on any atom is 0.160 e. The lowest BCUT2D eigenvalue weighted by molar-refractivity contribution is 0.0219. The fourth-order valence-electron chi connectivity index (χ4n) is 5.63. The smallest absolute Gasteiger partial charge is 0.160 e. The van der Waals surface area contributed by atoms with Gasteiger partial charge < -0.3 is 19.5 Å². The van der Waals surface area contributed by atoms with Gasteiger partial charge in [0.25, 0.3) is 0 Å².